The molecule has 1 aliphatic heterocycles. The molecule has 20 heavy (non-hydrogen) atoms. The smallest absolute Gasteiger partial charge is 0.180 e. The second kappa shape index (κ2) is 5.77. The molecular formula is C16H21N3O. The summed E-state index contributed by atoms with van der Waals surface area (Å²) in [6.07, 6.45) is 4.23. The number of likely N-dealkylation sites (tertiary alicyclic amines) is 1. The fraction of sp³-hybridized carbons (Fsp3) is 0.438. The highest BCUT2D eigenvalue weighted by Crippen LogP contribution is 2.32. The molecule has 3 atom stereocenters. The van der Waals surface area contributed by atoms with Crippen LogP contribution in [0.15, 0.2) is 47.4 Å². The quantitative estimate of drug-likeness (QED) is 0.929. The highest BCUT2D eigenvalue weighted by molar-refractivity contribution is 5.18. The van der Waals surface area contributed by atoms with Gasteiger partial charge >= 0.3 is 0 Å². The Morgan fingerprint density at radius 2 is 2.15 bits per heavy atom. The lowest BCUT2D eigenvalue weighted by molar-refractivity contribution is 0.246. The molecule has 0 aliphatic carbocycles. The highest BCUT2D eigenvalue weighted by atomic mass is 16.3. The first-order valence-corrected chi connectivity index (χ1v) is 7.18. The third-order valence-electron chi connectivity index (χ3n) is 4.39. The van der Waals surface area contributed by atoms with Gasteiger partial charge in [-0.05, 0) is 31.4 Å². The van der Waals surface area contributed by atoms with E-state index in [0.29, 0.717) is 12.0 Å². The van der Waals surface area contributed by atoms with Gasteiger partial charge in [-0.15, -0.1) is 0 Å². The van der Waals surface area contributed by atoms with Gasteiger partial charge in [-0.2, -0.15) is 0 Å². The van der Waals surface area contributed by atoms with Crippen LogP contribution in [0, 0.1) is 5.92 Å². The van der Waals surface area contributed by atoms with Crippen LogP contribution in [-0.2, 0) is 0 Å². The molecule has 1 aromatic carbocycles. The molecule has 106 valence electrons. The van der Waals surface area contributed by atoms with Crippen molar-refractivity contribution >= 4 is 0 Å². The van der Waals surface area contributed by atoms with Crippen molar-refractivity contribution in [1.82, 2.24) is 9.88 Å². The maximum Gasteiger partial charge on any atom is 0.180 e. The first-order chi connectivity index (χ1) is 9.75. The Morgan fingerprint density at radius 3 is 2.85 bits per heavy atom. The molecule has 2 aromatic rings. The van der Waals surface area contributed by atoms with E-state index in [9.17, 15) is 0 Å². The molecule has 3 rings (SSSR count). The predicted octanol–water partition coefficient (Wildman–Crippen LogP) is 2.76. The Balaban J connectivity index is 1.65. The Labute approximate surface area is 119 Å². The Kier molecular flexibility index (Phi) is 3.85. The van der Waals surface area contributed by atoms with Crippen molar-refractivity contribution in [3.05, 3.63) is 54.2 Å². The zero-order valence-electron chi connectivity index (χ0n) is 11.8. The molecule has 2 N–H and O–H groups in total. The van der Waals surface area contributed by atoms with E-state index >= 15 is 0 Å². The van der Waals surface area contributed by atoms with E-state index in [1.807, 2.05) is 0 Å². The van der Waals surface area contributed by atoms with Crippen molar-refractivity contribution in [2.75, 3.05) is 13.1 Å². The maximum absolute atomic E-state index is 6.30. The van der Waals surface area contributed by atoms with Crippen molar-refractivity contribution in [1.29, 1.82) is 0 Å². The Morgan fingerprint density at radius 1 is 1.35 bits per heavy atom. The van der Waals surface area contributed by atoms with Crippen molar-refractivity contribution in [2.45, 2.75) is 25.4 Å². The lowest BCUT2D eigenvalue weighted by Crippen LogP contribution is -2.28. The minimum Gasteiger partial charge on any atom is -0.451 e. The van der Waals surface area contributed by atoms with Gasteiger partial charge in [0, 0.05) is 12.6 Å². The molecule has 2 unspecified atom stereocenters. The number of nitrogens with zero attached hydrogens (tertiary/aromatic N) is 2. The van der Waals surface area contributed by atoms with E-state index in [2.05, 4.69) is 47.1 Å². The van der Waals surface area contributed by atoms with Gasteiger partial charge in [-0.25, -0.2) is 4.98 Å². The molecule has 0 bridgehead atoms. The van der Waals surface area contributed by atoms with E-state index in [1.165, 1.54) is 12.0 Å². The monoisotopic (exact) mass is 271 g/mol. The standard InChI is InChI=1S/C16H21N3O/c1-12(13-5-3-2-4-6-13)19-8-7-14(9-19)16(17)15-10-20-11-18-15/h2-6,10-12,14,16H,7-9,17H2,1H3/t12-,14?,16?/m0/s1. The minimum absolute atomic E-state index is 0.0262. The Bertz CT molecular complexity index is 526. The number of rotatable bonds is 4. The molecule has 4 nitrogen and oxygen atoms in total. The second-order valence-electron chi connectivity index (χ2n) is 5.57. The summed E-state index contributed by atoms with van der Waals surface area (Å²) >= 11 is 0. The van der Waals surface area contributed by atoms with Gasteiger partial charge in [0.1, 0.15) is 6.26 Å². The van der Waals surface area contributed by atoms with Gasteiger partial charge in [0.25, 0.3) is 0 Å². The highest BCUT2D eigenvalue weighted by Gasteiger charge is 2.31. The van der Waals surface area contributed by atoms with E-state index in [-0.39, 0.29) is 6.04 Å². The lowest BCUT2D eigenvalue weighted by atomic mass is 9.97. The number of hydrogen-bond acceptors (Lipinski definition) is 4. The number of benzene rings is 1. The molecule has 0 saturated carbocycles. The van der Waals surface area contributed by atoms with Crippen LogP contribution in [0.25, 0.3) is 0 Å². The van der Waals surface area contributed by atoms with Crippen LogP contribution >= 0.6 is 0 Å². The van der Waals surface area contributed by atoms with E-state index in [4.69, 9.17) is 10.2 Å². The van der Waals surface area contributed by atoms with E-state index in [0.717, 1.165) is 25.2 Å². The second-order valence-corrected chi connectivity index (χ2v) is 5.57. The fourth-order valence-electron chi connectivity index (χ4n) is 3.03. The van der Waals surface area contributed by atoms with Crippen LogP contribution in [-0.4, -0.2) is 23.0 Å². The summed E-state index contributed by atoms with van der Waals surface area (Å²) in [4.78, 5) is 6.68. The first-order valence-electron chi connectivity index (χ1n) is 7.18. The van der Waals surface area contributed by atoms with Gasteiger partial charge < -0.3 is 10.2 Å². The molecular weight excluding hydrogens is 250 g/mol. The summed E-state index contributed by atoms with van der Waals surface area (Å²) in [5.41, 5.74) is 8.53. The van der Waals surface area contributed by atoms with Crippen LogP contribution in [0.2, 0.25) is 0 Å². The van der Waals surface area contributed by atoms with Crippen molar-refractivity contribution in [3.8, 4) is 0 Å². The first kappa shape index (κ1) is 13.3. The summed E-state index contributed by atoms with van der Waals surface area (Å²) in [7, 11) is 0. The molecule has 1 fully saturated rings. The predicted molar refractivity (Wildman–Crippen MR) is 78.0 cm³/mol. The number of nitrogens with two attached hydrogens (primary N) is 1. The van der Waals surface area contributed by atoms with E-state index < -0.39 is 0 Å². The number of aromatic nitrogens is 1. The molecule has 1 aromatic heterocycles. The largest absolute Gasteiger partial charge is 0.451 e. The van der Waals surface area contributed by atoms with Crippen LogP contribution in [0.1, 0.15) is 36.7 Å². The molecule has 0 amide bonds. The van der Waals surface area contributed by atoms with Crippen LogP contribution in [0.4, 0.5) is 0 Å². The van der Waals surface area contributed by atoms with Crippen molar-refractivity contribution in [3.63, 3.8) is 0 Å². The minimum atomic E-state index is -0.0262. The summed E-state index contributed by atoms with van der Waals surface area (Å²) in [5.74, 6) is 0.450. The number of oxazole rings is 1. The van der Waals surface area contributed by atoms with Gasteiger partial charge in [-0.1, -0.05) is 30.3 Å². The number of hydrogen-bond donors (Lipinski definition) is 1. The average Bonchev–Trinajstić information content (AvgIpc) is 3.18. The zero-order chi connectivity index (χ0) is 13.9. The van der Waals surface area contributed by atoms with Gasteiger partial charge in [0.2, 0.25) is 0 Å². The summed E-state index contributed by atoms with van der Waals surface area (Å²) < 4.78 is 5.03. The lowest BCUT2D eigenvalue weighted by Gasteiger charge is -2.25. The zero-order valence-corrected chi connectivity index (χ0v) is 11.8. The van der Waals surface area contributed by atoms with Crippen LogP contribution in [0.3, 0.4) is 0 Å². The third-order valence-corrected chi connectivity index (χ3v) is 4.39. The molecule has 1 saturated heterocycles. The topological polar surface area (TPSA) is 55.3 Å². The molecule has 2 heterocycles. The summed E-state index contributed by atoms with van der Waals surface area (Å²) in [6.45, 7) is 4.37. The molecule has 1 aliphatic rings. The normalized spacial score (nSPS) is 22.8. The molecule has 0 radical (unpaired) electrons. The van der Waals surface area contributed by atoms with Crippen molar-refractivity contribution in [2.24, 2.45) is 11.7 Å². The fourth-order valence-corrected chi connectivity index (χ4v) is 3.03. The SMILES string of the molecule is C[C@@H](c1ccccc1)N1CCC(C(N)c2cocn2)C1. The van der Waals surface area contributed by atoms with Crippen LogP contribution < -0.4 is 5.73 Å². The summed E-state index contributed by atoms with van der Waals surface area (Å²) in [5, 5.41) is 0. The molecule has 0 spiro atoms. The van der Waals surface area contributed by atoms with Crippen molar-refractivity contribution < 1.29 is 4.42 Å². The molecule has 4 heteroatoms. The average molecular weight is 271 g/mol. The maximum atomic E-state index is 6.30. The third kappa shape index (κ3) is 2.62. The van der Waals surface area contributed by atoms with Gasteiger partial charge in [-0.3, -0.25) is 4.90 Å². The summed E-state index contributed by atoms with van der Waals surface area (Å²) in [6, 6.07) is 11.0. The van der Waals surface area contributed by atoms with Gasteiger partial charge in [0.05, 0.1) is 11.7 Å². The van der Waals surface area contributed by atoms with E-state index in [1.54, 1.807) is 6.26 Å². The van der Waals surface area contributed by atoms with Gasteiger partial charge in [0.15, 0.2) is 6.39 Å². The Hall–Kier alpha value is -1.65. The van der Waals surface area contributed by atoms with Crippen LogP contribution in [0.5, 0.6) is 0 Å².